The van der Waals surface area contributed by atoms with Crippen molar-refractivity contribution in [2.75, 3.05) is 23.3 Å². The molecule has 4 heterocycles. The second-order valence-corrected chi connectivity index (χ2v) is 21.8. The van der Waals surface area contributed by atoms with Crippen molar-refractivity contribution in [2.45, 2.75) is 94.7 Å². The molecule has 0 spiro atoms. The van der Waals surface area contributed by atoms with Crippen LogP contribution in [0.4, 0.5) is 38.0 Å². The number of fused-ring (bicyclic) bond motifs is 1. The number of alkyl halides is 6. The summed E-state index contributed by atoms with van der Waals surface area (Å²) in [5.41, 5.74) is 0.0868. The summed E-state index contributed by atoms with van der Waals surface area (Å²) in [7, 11) is -2.96. The Bertz CT molecular complexity index is 2300. The number of pyridine rings is 1. The number of hydrogen-bond donors (Lipinski definition) is 1. The highest BCUT2D eigenvalue weighted by Crippen LogP contribution is 2.52. The van der Waals surface area contributed by atoms with Crippen LogP contribution in [0.5, 0.6) is 0 Å². The first kappa shape index (κ1) is 43.6. The molecule has 2 aliphatic rings. The van der Waals surface area contributed by atoms with Gasteiger partial charge < -0.3 is 19.4 Å². The van der Waals surface area contributed by atoms with E-state index in [1.807, 2.05) is 81.4 Å². The Morgan fingerprint density at radius 1 is 0.869 bits per heavy atom. The maximum Gasteiger partial charge on any atom is 0.418 e. The fourth-order valence-corrected chi connectivity index (χ4v) is 9.00. The summed E-state index contributed by atoms with van der Waals surface area (Å²) in [5, 5.41) is 7.32. The number of esters is 1. The van der Waals surface area contributed by atoms with Gasteiger partial charge in [-0.05, 0) is 53.7 Å². The third-order valence-corrected chi connectivity index (χ3v) is 16.4. The molecule has 322 valence electrons. The number of nitrogens with one attached hydrogen (secondary N) is 1. The summed E-state index contributed by atoms with van der Waals surface area (Å²) >= 11 is 0. The average molecular weight is 864 g/mol. The van der Waals surface area contributed by atoms with E-state index in [2.05, 4.69) is 10.3 Å². The van der Waals surface area contributed by atoms with E-state index in [0.29, 0.717) is 11.8 Å². The van der Waals surface area contributed by atoms with E-state index in [4.69, 9.17) is 14.3 Å². The Balaban J connectivity index is 1.28. The lowest BCUT2D eigenvalue weighted by Crippen LogP contribution is -2.53. The van der Waals surface area contributed by atoms with Crippen LogP contribution in [0.2, 0.25) is 18.1 Å². The van der Waals surface area contributed by atoms with Crippen molar-refractivity contribution < 1.29 is 45.1 Å². The average Bonchev–Trinajstić information content (AvgIpc) is 3.57. The van der Waals surface area contributed by atoms with Gasteiger partial charge in [0.1, 0.15) is 36.3 Å². The van der Waals surface area contributed by atoms with E-state index in [9.17, 15) is 22.8 Å². The largest absolute Gasteiger partial charge is 0.457 e. The van der Waals surface area contributed by atoms with E-state index in [1.165, 1.54) is 4.68 Å². The Labute approximate surface area is 351 Å². The Morgan fingerprint density at radius 3 is 1.95 bits per heavy atom. The highest BCUT2D eigenvalue weighted by Gasteiger charge is 2.58. The second-order valence-electron chi connectivity index (χ2n) is 17.0. The van der Waals surface area contributed by atoms with Gasteiger partial charge in [0.2, 0.25) is 0 Å². The van der Waals surface area contributed by atoms with Gasteiger partial charge in [0.15, 0.2) is 8.32 Å². The van der Waals surface area contributed by atoms with Gasteiger partial charge in [0.05, 0.1) is 16.8 Å². The summed E-state index contributed by atoms with van der Waals surface area (Å²) in [6, 6.07) is 27.2. The Kier molecular flexibility index (Phi) is 12.0. The number of anilines is 2. The van der Waals surface area contributed by atoms with E-state index in [1.54, 1.807) is 48.3 Å². The van der Waals surface area contributed by atoms with E-state index in [-0.39, 0.29) is 55.4 Å². The maximum atomic E-state index is 15.8. The van der Waals surface area contributed by atoms with Crippen LogP contribution in [0.3, 0.4) is 0 Å². The second kappa shape index (κ2) is 16.8. The van der Waals surface area contributed by atoms with Crippen molar-refractivity contribution in [1.82, 2.24) is 14.8 Å². The number of amides is 1. The SMILES string of the molecule is CC(C)(C)[Si](C)(C)O[C@H]1C(=O)Nc2c(c(C3CCN(c4cc(C(=O)OCc5ccccc5)c(C(F)(F)F)cn4)CC3)nn2C(c2ccccc2)c2ccccc2)[C@H]1C(F)(F)F. The lowest BCUT2D eigenvalue weighted by atomic mass is 9.82. The van der Waals surface area contributed by atoms with Gasteiger partial charge in [-0.15, -0.1) is 0 Å². The molecule has 7 rings (SSSR count). The van der Waals surface area contributed by atoms with Gasteiger partial charge in [0.25, 0.3) is 5.91 Å². The molecule has 61 heavy (non-hydrogen) atoms. The van der Waals surface area contributed by atoms with Gasteiger partial charge in [-0.2, -0.15) is 31.4 Å². The van der Waals surface area contributed by atoms with Crippen molar-refractivity contribution in [1.29, 1.82) is 0 Å². The third-order valence-electron chi connectivity index (χ3n) is 12.0. The molecule has 2 aliphatic heterocycles. The van der Waals surface area contributed by atoms with Gasteiger partial charge in [-0.1, -0.05) is 112 Å². The minimum Gasteiger partial charge on any atom is -0.457 e. The molecule has 9 nitrogen and oxygen atoms in total. The minimum absolute atomic E-state index is 0.0689. The van der Waals surface area contributed by atoms with Crippen LogP contribution in [-0.2, 0) is 26.7 Å². The zero-order valence-corrected chi connectivity index (χ0v) is 35.3. The Morgan fingerprint density at radius 2 is 1.43 bits per heavy atom. The molecule has 0 aliphatic carbocycles. The number of piperidine rings is 1. The zero-order valence-electron chi connectivity index (χ0n) is 34.3. The van der Waals surface area contributed by atoms with Crippen LogP contribution in [0.25, 0.3) is 0 Å². The molecule has 1 amide bonds. The minimum atomic E-state index is -4.92. The number of ether oxygens (including phenoxy) is 1. The van der Waals surface area contributed by atoms with Crippen LogP contribution in [-0.4, -0.2) is 60.3 Å². The predicted molar refractivity (Wildman–Crippen MR) is 221 cm³/mol. The summed E-state index contributed by atoms with van der Waals surface area (Å²) in [4.78, 5) is 33.0. The number of halogens is 6. The molecule has 2 aromatic heterocycles. The van der Waals surface area contributed by atoms with E-state index < -0.39 is 72.7 Å². The van der Waals surface area contributed by atoms with Gasteiger partial charge in [-0.25, -0.2) is 14.5 Å². The number of nitrogens with zero attached hydrogens (tertiary/aromatic N) is 4. The van der Waals surface area contributed by atoms with Crippen LogP contribution in [0.1, 0.15) is 95.4 Å². The molecule has 0 saturated carbocycles. The monoisotopic (exact) mass is 863 g/mol. The lowest BCUT2D eigenvalue weighted by Gasteiger charge is -2.43. The van der Waals surface area contributed by atoms with Crippen LogP contribution in [0, 0.1) is 0 Å². The smallest absolute Gasteiger partial charge is 0.418 e. The predicted octanol–water partition coefficient (Wildman–Crippen LogP) is 10.7. The molecule has 5 aromatic rings. The molecule has 0 bridgehead atoms. The molecular formula is C45H47F6N5O4Si. The molecule has 1 N–H and O–H groups in total. The molecule has 3 aromatic carbocycles. The molecule has 1 fully saturated rings. The summed E-state index contributed by atoms with van der Waals surface area (Å²) in [6.45, 7) is 9.34. The molecule has 0 radical (unpaired) electrons. The molecule has 2 atom stereocenters. The normalized spacial score (nSPS) is 17.9. The highest BCUT2D eigenvalue weighted by molar-refractivity contribution is 6.74. The van der Waals surface area contributed by atoms with Gasteiger partial charge in [0, 0.05) is 30.8 Å². The van der Waals surface area contributed by atoms with Crippen molar-refractivity contribution in [2.24, 2.45) is 0 Å². The fourth-order valence-electron chi connectivity index (χ4n) is 7.77. The molecule has 1 saturated heterocycles. The number of carbonyl (C=O) groups is 2. The number of benzene rings is 3. The van der Waals surface area contributed by atoms with E-state index >= 15 is 13.2 Å². The number of aromatic nitrogens is 3. The van der Waals surface area contributed by atoms with E-state index in [0.717, 1.165) is 17.2 Å². The van der Waals surface area contributed by atoms with Crippen molar-refractivity contribution in [3.8, 4) is 0 Å². The van der Waals surface area contributed by atoms with Crippen LogP contribution < -0.4 is 10.2 Å². The first-order valence-corrected chi connectivity index (χ1v) is 23.0. The number of rotatable bonds is 10. The maximum absolute atomic E-state index is 15.8. The quantitative estimate of drug-likeness (QED) is 0.0848. The van der Waals surface area contributed by atoms with Gasteiger partial charge in [-0.3, -0.25) is 4.79 Å². The summed E-state index contributed by atoms with van der Waals surface area (Å²) in [5.74, 6) is -4.98. The van der Waals surface area contributed by atoms with Crippen molar-refractivity contribution in [3.63, 3.8) is 0 Å². The highest BCUT2D eigenvalue weighted by atomic mass is 28.4. The number of hydrogen-bond acceptors (Lipinski definition) is 7. The molecule has 16 heteroatoms. The van der Waals surface area contributed by atoms with Crippen molar-refractivity contribution >= 4 is 31.8 Å². The third kappa shape index (κ3) is 9.10. The lowest BCUT2D eigenvalue weighted by molar-refractivity contribution is -0.175. The summed E-state index contributed by atoms with van der Waals surface area (Å²) in [6.07, 6.45) is -10.6. The summed E-state index contributed by atoms with van der Waals surface area (Å²) < 4.78 is 103. The first-order chi connectivity index (χ1) is 28.7. The zero-order chi connectivity index (χ0) is 43.9. The van der Waals surface area contributed by atoms with Gasteiger partial charge >= 0.3 is 18.3 Å². The Hall–Kier alpha value is -5.48. The molecular weight excluding hydrogens is 817 g/mol. The van der Waals surface area contributed by atoms with Crippen LogP contribution in [0.15, 0.2) is 103 Å². The topological polar surface area (TPSA) is 98.6 Å². The van der Waals surface area contributed by atoms with Crippen LogP contribution >= 0.6 is 0 Å². The van der Waals surface area contributed by atoms with Crippen molar-refractivity contribution in [3.05, 3.63) is 142 Å². The fraction of sp³-hybridized carbons (Fsp3) is 0.378. The first-order valence-electron chi connectivity index (χ1n) is 20.1. The molecule has 0 unspecified atom stereocenters. The standard InChI is InChI=1S/C45H47F6N5O4Si/c1-43(2,3)61(4,5)60-39-36(45(49,50)51)35-37(54-56(40(35)53-41(39)57)38(30-17-11-7-12-18-30)31-19-13-8-14-20-31)29-21-23-55(24-22-29)34-25-32(33(26-52-34)44(46,47)48)42(58)59-27-28-15-9-6-10-16-28/h6-20,25-26,29,36,38-39H,21-24,27H2,1-5H3,(H,53,57)/t36-,39-/m1/s1. The number of carbonyl (C=O) groups excluding carboxylic acids is 2.